The quantitative estimate of drug-likeness (QED) is 0.542. The van der Waals surface area contributed by atoms with Gasteiger partial charge >= 0.3 is 0 Å². The Morgan fingerprint density at radius 1 is 1.33 bits per heavy atom. The van der Waals surface area contributed by atoms with Crippen molar-refractivity contribution < 1.29 is 0 Å². The van der Waals surface area contributed by atoms with Crippen molar-refractivity contribution in [2.45, 2.75) is 12.8 Å². The fraction of sp³-hybridized carbons (Fsp3) is 0.333. The standard InChI is InChI=1S/C6H5ClN2/c7-6-3-8-4-1-2-5(4)9-6/h3H,1-2H2. The lowest BCUT2D eigenvalue weighted by atomic mass is 10.0. The van der Waals surface area contributed by atoms with Crippen LogP contribution in [-0.2, 0) is 12.8 Å². The second-order valence-electron chi connectivity index (χ2n) is 2.09. The van der Waals surface area contributed by atoms with Crippen LogP contribution in [0.25, 0.3) is 0 Å². The molecular weight excluding hydrogens is 136 g/mol. The molecule has 1 aliphatic carbocycles. The molecule has 0 radical (unpaired) electrons. The summed E-state index contributed by atoms with van der Waals surface area (Å²) in [6.45, 7) is 0. The molecule has 3 heteroatoms. The van der Waals surface area contributed by atoms with Crippen LogP contribution >= 0.6 is 11.6 Å². The molecule has 0 saturated heterocycles. The molecule has 0 aromatic carbocycles. The molecule has 1 aromatic heterocycles. The van der Waals surface area contributed by atoms with E-state index < -0.39 is 0 Å². The predicted octanol–water partition coefficient (Wildman–Crippen LogP) is 1.23. The molecule has 1 heterocycles. The van der Waals surface area contributed by atoms with Gasteiger partial charge in [-0.3, -0.25) is 4.98 Å². The van der Waals surface area contributed by atoms with Gasteiger partial charge in [-0.2, -0.15) is 0 Å². The van der Waals surface area contributed by atoms with Crippen LogP contribution in [-0.4, -0.2) is 9.97 Å². The fourth-order valence-electron chi connectivity index (χ4n) is 0.897. The van der Waals surface area contributed by atoms with Crippen LogP contribution in [0.1, 0.15) is 11.4 Å². The van der Waals surface area contributed by atoms with Crippen molar-refractivity contribution in [2.75, 3.05) is 0 Å². The zero-order chi connectivity index (χ0) is 6.27. The Morgan fingerprint density at radius 3 is 2.56 bits per heavy atom. The Hall–Kier alpha value is -0.630. The second-order valence-corrected chi connectivity index (χ2v) is 2.47. The Labute approximate surface area is 57.9 Å². The average molecular weight is 141 g/mol. The van der Waals surface area contributed by atoms with Crippen molar-refractivity contribution in [1.82, 2.24) is 9.97 Å². The molecule has 0 aliphatic heterocycles. The summed E-state index contributed by atoms with van der Waals surface area (Å²) in [6.07, 6.45) is 3.71. The lowest BCUT2D eigenvalue weighted by Crippen LogP contribution is -2.12. The Balaban J connectivity index is 2.57. The van der Waals surface area contributed by atoms with E-state index >= 15 is 0 Å². The van der Waals surface area contributed by atoms with E-state index in [0.29, 0.717) is 5.15 Å². The molecule has 2 nitrogen and oxygen atoms in total. The van der Waals surface area contributed by atoms with Gasteiger partial charge in [0, 0.05) is 0 Å². The third-order valence-electron chi connectivity index (χ3n) is 1.50. The molecule has 1 aliphatic rings. The van der Waals surface area contributed by atoms with E-state index in [2.05, 4.69) is 9.97 Å². The SMILES string of the molecule is Clc1cnc2c(n1)CC2. The molecule has 2 rings (SSSR count). The van der Waals surface area contributed by atoms with Gasteiger partial charge in [-0.05, 0) is 12.8 Å². The van der Waals surface area contributed by atoms with Gasteiger partial charge in [0.15, 0.2) is 0 Å². The average Bonchev–Trinajstić information content (AvgIpc) is 1.78. The van der Waals surface area contributed by atoms with Crippen LogP contribution in [0.3, 0.4) is 0 Å². The van der Waals surface area contributed by atoms with Gasteiger partial charge in [0.05, 0.1) is 17.6 Å². The summed E-state index contributed by atoms with van der Waals surface area (Å²) >= 11 is 5.58. The summed E-state index contributed by atoms with van der Waals surface area (Å²) in [4.78, 5) is 8.13. The van der Waals surface area contributed by atoms with Crippen molar-refractivity contribution in [3.63, 3.8) is 0 Å². The Kier molecular flexibility index (Phi) is 0.963. The summed E-state index contributed by atoms with van der Waals surface area (Å²) < 4.78 is 0. The molecule has 0 atom stereocenters. The van der Waals surface area contributed by atoms with Gasteiger partial charge in [-0.25, -0.2) is 4.98 Å². The zero-order valence-electron chi connectivity index (χ0n) is 4.76. The fourth-order valence-corrected chi connectivity index (χ4v) is 1.05. The Morgan fingerprint density at radius 2 is 2.11 bits per heavy atom. The van der Waals surface area contributed by atoms with Crippen LogP contribution in [0, 0.1) is 0 Å². The summed E-state index contributed by atoms with van der Waals surface area (Å²) in [6, 6.07) is 0. The number of hydrogen-bond acceptors (Lipinski definition) is 2. The van der Waals surface area contributed by atoms with E-state index in [1.165, 1.54) is 0 Å². The molecule has 46 valence electrons. The maximum atomic E-state index is 5.58. The van der Waals surface area contributed by atoms with Crippen LogP contribution in [0.5, 0.6) is 0 Å². The van der Waals surface area contributed by atoms with Crippen LogP contribution in [0.4, 0.5) is 0 Å². The van der Waals surface area contributed by atoms with Crippen LogP contribution in [0.15, 0.2) is 6.20 Å². The van der Waals surface area contributed by atoms with Gasteiger partial charge in [0.1, 0.15) is 5.15 Å². The molecule has 9 heavy (non-hydrogen) atoms. The minimum atomic E-state index is 0.508. The largest absolute Gasteiger partial charge is 0.256 e. The first-order valence-corrected chi connectivity index (χ1v) is 3.24. The molecule has 1 aromatic rings. The predicted molar refractivity (Wildman–Crippen MR) is 34.5 cm³/mol. The second kappa shape index (κ2) is 1.67. The minimum absolute atomic E-state index is 0.508. The number of hydrogen-bond donors (Lipinski definition) is 0. The lowest BCUT2D eigenvalue weighted by molar-refractivity contribution is 0.743. The summed E-state index contributed by atoms with van der Waals surface area (Å²) in [5.74, 6) is 0. The number of fused-ring (bicyclic) bond motifs is 1. The number of aryl methyl sites for hydroxylation is 2. The highest BCUT2D eigenvalue weighted by atomic mass is 35.5. The number of rotatable bonds is 0. The summed E-state index contributed by atoms with van der Waals surface area (Å²) in [5.41, 5.74) is 2.18. The van der Waals surface area contributed by atoms with E-state index in [1.54, 1.807) is 6.20 Å². The number of aromatic nitrogens is 2. The molecular formula is C6H5ClN2. The van der Waals surface area contributed by atoms with Crippen LogP contribution in [0.2, 0.25) is 5.15 Å². The van der Waals surface area contributed by atoms with Gasteiger partial charge < -0.3 is 0 Å². The van der Waals surface area contributed by atoms with E-state index in [9.17, 15) is 0 Å². The van der Waals surface area contributed by atoms with Crippen molar-refractivity contribution in [1.29, 1.82) is 0 Å². The van der Waals surface area contributed by atoms with Gasteiger partial charge in [0.2, 0.25) is 0 Å². The summed E-state index contributed by atoms with van der Waals surface area (Å²) in [5, 5.41) is 0.508. The van der Waals surface area contributed by atoms with E-state index in [0.717, 1.165) is 24.2 Å². The highest BCUT2D eigenvalue weighted by Gasteiger charge is 2.15. The van der Waals surface area contributed by atoms with Crippen LogP contribution < -0.4 is 0 Å². The molecule has 0 spiro atoms. The molecule has 0 unspecified atom stereocenters. The van der Waals surface area contributed by atoms with Gasteiger partial charge in [-0.1, -0.05) is 11.6 Å². The molecule has 0 fully saturated rings. The third-order valence-corrected chi connectivity index (χ3v) is 1.68. The first kappa shape index (κ1) is 5.18. The summed E-state index contributed by atoms with van der Waals surface area (Å²) in [7, 11) is 0. The highest BCUT2D eigenvalue weighted by molar-refractivity contribution is 6.29. The van der Waals surface area contributed by atoms with Gasteiger partial charge in [0.25, 0.3) is 0 Å². The monoisotopic (exact) mass is 140 g/mol. The molecule has 0 amide bonds. The Bertz CT molecular complexity index is 247. The van der Waals surface area contributed by atoms with Crippen molar-refractivity contribution in [2.24, 2.45) is 0 Å². The smallest absolute Gasteiger partial charge is 0.147 e. The first-order valence-electron chi connectivity index (χ1n) is 2.86. The van der Waals surface area contributed by atoms with E-state index in [4.69, 9.17) is 11.6 Å². The maximum absolute atomic E-state index is 5.58. The molecule has 0 saturated carbocycles. The number of halogens is 1. The normalized spacial score (nSPS) is 14.3. The van der Waals surface area contributed by atoms with E-state index in [1.807, 2.05) is 0 Å². The highest BCUT2D eigenvalue weighted by Crippen LogP contribution is 2.18. The van der Waals surface area contributed by atoms with Crippen molar-refractivity contribution >= 4 is 11.6 Å². The first-order chi connectivity index (χ1) is 4.36. The minimum Gasteiger partial charge on any atom is -0.256 e. The van der Waals surface area contributed by atoms with Crippen molar-refractivity contribution in [3.05, 3.63) is 22.7 Å². The zero-order valence-corrected chi connectivity index (χ0v) is 5.52. The van der Waals surface area contributed by atoms with E-state index in [-0.39, 0.29) is 0 Å². The number of nitrogens with zero attached hydrogens (tertiary/aromatic N) is 2. The third kappa shape index (κ3) is 0.704. The van der Waals surface area contributed by atoms with Gasteiger partial charge in [-0.15, -0.1) is 0 Å². The topological polar surface area (TPSA) is 25.8 Å². The van der Waals surface area contributed by atoms with Crippen molar-refractivity contribution in [3.8, 4) is 0 Å². The maximum Gasteiger partial charge on any atom is 0.147 e. The molecule has 0 bridgehead atoms. The molecule has 0 N–H and O–H groups in total. The lowest BCUT2D eigenvalue weighted by Gasteiger charge is -2.14.